The van der Waals surface area contributed by atoms with E-state index in [1.807, 2.05) is 0 Å². The van der Waals surface area contributed by atoms with Gasteiger partial charge < -0.3 is 10.6 Å². The molecule has 0 bridgehead atoms. The zero-order valence-electron chi connectivity index (χ0n) is 11.5. The molecule has 1 atom stereocenters. The van der Waals surface area contributed by atoms with Crippen LogP contribution >= 0.6 is 0 Å². The zero-order valence-corrected chi connectivity index (χ0v) is 11.5. The lowest BCUT2D eigenvalue weighted by atomic mass is 9.81. The van der Waals surface area contributed by atoms with Crippen LogP contribution in [-0.4, -0.2) is 25.0 Å². The van der Waals surface area contributed by atoms with E-state index in [1.54, 1.807) is 0 Å². The van der Waals surface area contributed by atoms with Crippen LogP contribution in [0.5, 0.6) is 0 Å². The van der Waals surface area contributed by atoms with Gasteiger partial charge in [0, 0.05) is 12.6 Å². The van der Waals surface area contributed by atoms with E-state index in [4.69, 9.17) is 0 Å². The molecule has 3 rings (SSSR count). The predicted molar refractivity (Wildman–Crippen MR) is 72.2 cm³/mol. The van der Waals surface area contributed by atoms with Crippen molar-refractivity contribution < 1.29 is 4.79 Å². The number of hydrogen-bond donors (Lipinski definition) is 2. The minimum atomic E-state index is -0.100. The molecule has 1 heterocycles. The molecule has 1 amide bonds. The fourth-order valence-electron chi connectivity index (χ4n) is 3.58. The van der Waals surface area contributed by atoms with Crippen LogP contribution in [0.1, 0.15) is 51.9 Å². The van der Waals surface area contributed by atoms with E-state index in [0.717, 1.165) is 44.2 Å². The van der Waals surface area contributed by atoms with Crippen molar-refractivity contribution in [1.82, 2.24) is 10.6 Å². The molecule has 3 fully saturated rings. The second-order valence-corrected chi connectivity index (χ2v) is 6.63. The Bertz CT molecular complexity index is 302. The SMILES string of the molecule is CCCC1(C(=O)NC(C2CC2)C2CC2)CCNC1. The lowest BCUT2D eigenvalue weighted by molar-refractivity contribution is -0.131. The average molecular weight is 250 g/mol. The number of hydrogen-bond acceptors (Lipinski definition) is 2. The minimum Gasteiger partial charge on any atom is -0.352 e. The van der Waals surface area contributed by atoms with Gasteiger partial charge in [0.25, 0.3) is 0 Å². The highest BCUT2D eigenvalue weighted by molar-refractivity contribution is 5.83. The largest absolute Gasteiger partial charge is 0.352 e. The molecule has 0 aromatic rings. The van der Waals surface area contributed by atoms with Crippen molar-refractivity contribution in [3.63, 3.8) is 0 Å². The maximum atomic E-state index is 12.7. The molecule has 3 aliphatic rings. The van der Waals surface area contributed by atoms with Gasteiger partial charge in [0.15, 0.2) is 0 Å². The number of carbonyl (C=O) groups excluding carboxylic acids is 1. The molecule has 2 aliphatic carbocycles. The Balaban J connectivity index is 1.64. The summed E-state index contributed by atoms with van der Waals surface area (Å²) in [5.74, 6) is 1.95. The van der Waals surface area contributed by atoms with Gasteiger partial charge in [0.05, 0.1) is 5.41 Å². The quantitative estimate of drug-likeness (QED) is 0.758. The number of carbonyl (C=O) groups is 1. The van der Waals surface area contributed by atoms with E-state index in [2.05, 4.69) is 17.6 Å². The lowest BCUT2D eigenvalue weighted by Crippen LogP contribution is -2.48. The summed E-state index contributed by atoms with van der Waals surface area (Å²) in [7, 11) is 0. The second kappa shape index (κ2) is 4.84. The van der Waals surface area contributed by atoms with E-state index in [-0.39, 0.29) is 5.41 Å². The molecule has 0 aromatic heterocycles. The molecule has 1 saturated heterocycles. The first kappa shape index (κ1) is 12.5. The maximum absolute atomic E-state index is 12.7. The normalized spacial score (nSPS) is 31.9. The molecule has 3 heteroatoms. The highest BCUT2D eigenvalue weighted by atomic mass is 16.2. The van der Waals surface area contributed by atoms with Gasteiger partial charge in [-0.1, -0.05) is 13.3 Å². The molecule has 102 valence electrons. The van der Waals surface area contributed by atoms with Crippen molar-refractivity contribution in [3.8, 4) is 0 Å². The first-order valence-corrected chi connectivity index (χ1v) is 7.77. The Morgan fingerprint density at radius 1 is 1.33 bits per heavy atom. The van der Waals surface area contributed by atoms with Gasteiger partial charge >= 0.3 is 0 Å². The van der Waals surface area contributed by atoms with Crippen molar-refractivity contribution in [1.29, 1.82) is 0 Å². The number of nitrogens with one attached hydrogen (secondary N) is 2. The molecule has 0 radical (unpaired) electrons. The third kappa shape index (κ3) is 2.42. The van der Waals surface area contributed by atoms with Crippen LogP contribution in [0.15, 0.2) is 0 Å². The number of amides is 1. The number of rotatable bonds is 6. The predicted octanol–water partition coefficient (Wildman–Crippen LogP) is 2.07. The summed E-state index contributed by atoms with van der Waals surface area (Å²) < 4.78 is 0. The Labute approximate surface area is 110 Å². The standard InChI is InChI=1S/C15H26N2O/c1-2-7-15(8-9-16-10-15)14(18)17-13(11-3-4-11)12-5-6-12/h11-13,16H,2-10H2,1H3,(H,17,18). The Kier molecular flexibility index (Phi) is 3.35. The van der Waals surface area contributed by atoms with Crippen LogP contribution in [0.3, 0.4) is 0 Å². The van der Waals surface area contributed by atoms with Gasteiger partial charge in [-0.05, 0) is 56.9 Å². The third-order valence-corrected chi connectivity index (χ3v) is 5.01. The van der Waals surface area contributed by atoms with Crippen LogP contribution in [-0.2, 0) is 4.79 Å². The van der Waals surface area contributed by atoms with Crippen LogP contribution in [0.2, 0.25) is 0 Å². The molecule has 1 aliphatic heterocycles. The second-order valence-electron chi connectivity index (χ2n) is 6.63. The van der Waals surface area contributed by atoms with Crippen LogP contribution < -0.4 is 10.6 Å². The van der Waals surface area contributed by atoms with Gasteiger partial charge in [-0.3, -0.25) is 4.79 Å². The maximum Gasteiger partial charge on any atom is 0.227 e. The summed E-state index contributed by atoms with van der Waals surface area (Å²) in [5.41, 5.74) is -0.100. The third-order valence-electron chi connectivity index (χ3n) is 5.01. The molecule has 3 nitrogen and oxygen atoms in total. The molecular formula is C15H26N2O. The monoisotopic (exact) mass is 250 g/mol. The smallest absolute Gasteiger partial charge is 0.227 e. The van der Waals surface area contributed by atoms with Gasteiger partial charge in [-0.2, -0.15) is 0 Å². The van der Waals surface area contributed by atoms with Crippen LogP contribution in [0.25, 0.3) is 0 Å². The average Bonchev–Trinajstić information content (AvgIpc) is 3.27. The molecule has 2 saturated carbocycles. The highest BCUT2D eigenvalue weighted by Gasteiger charge is 2.46. The van der Waals surface area contributed by atoms with Gasteiger partial charge in [0.1, 0.15) is 0 Å². The van der Waals surface area contributed by atoms with Crippen molar-refractivity contribution in [2.45, 2.75) is 57.9 Å². The van der Waals surface area contributed by atoms with Crippen molar-refractivity contribution in [2.24, 2.45) is 17.3 Å². The summed E-state index contributed by atoms with van der Waals surface area (Å²) in [4.78, 5) is 12.7. The van der Waals surface area contributed by atoms with E-state index in [0.29, 0.717) is 11.9 Å². The van der Waals surface area contributed by atoms with Gasteiger partial charge in [-0.15, -0.1) is 0 Å². The topological polar surface area (TPSA) is 41.1 Å². The summed E-state index contributed by atoms with van der Waals surface area (Å²) >= 11 is 0. The lowest BCUT2D eigenvalue weighted by Gasteiger charge is -2.29. The van der Waals surface area contributed by atoms with Crippen molar-refractivity contribution >= 4 is 5.91 Å². The fraction of sp³-hybridized carbons (Fsp3) is 0.933. The first-order chi connectivity index (χ1) is 8.75. The molecule has 2 N–H and O–H groups in total. The molecule has 0 aromatic carbocycles. The fourth-order valence-corrected chi connectivity index (χ4v) is 3.58. The summed E-state index contributed by atoms with van der Waals surface area (Å²) in [6.45, 7) is 4.08. The molecule has 18 heavy (non-hydrogen) atoms. The van der Waals surface area contributed by atoms with E-state index < -0.39 is 0 Å². The van der Waals surface area contributed by atoms with E-state index in [1.165, 1.54) is 25.7 Å². The van der Waals surface area contributed by atoms with Crippen molar-refractivity contribution in [3.05, 3.63) is 0 Å². The molecule has 0 spiro atoms. The van der Waals surface area contributed by atoms with Gasteiger partial charge in [-0.25, -0.2) is 0 Å². The van der Waals surface area contributed by atoms with E-state index in [9.17, 15) is 4.79 Å². The van der Waals surface area contributed by atoms with Crippen LogP contribution in [0, 0.1) is 17.3 Å². The van der Waals surface area contributed by atoms with E-state index >= 15 is 0 Å². The minimum absolute atomic E-state index is 0.100. The first-order valence-electron chi connectivity index (χ1n) is 7.77. The molecule has 1 unspecified atom stereocenters. The summed E-state index contributed by atoms with van der Waals surface area (Å²) in [6.07, 6.45) is 8.50. The Morgan fingerprint density at radius 2 is 2.00 bits per heavy atom. The van der Waals surface area contributed by atoms with Crippen LogP contribution in [0.4, 0.5) is 0 Å². The summed E-state index contributed by atoms with van der Waals surface area (Å²) in [5, 5.41) is 6.81. The Hall–Kier alpha value is -0.570. The Morgan fingerprint density at radius 3 is 2.44 bits per heavy atom. The zero-order chi connectivity index (χ0) is 12.6. The molecular weight excluding hydrogens is 224 g/mol. The van der Waals surface area contributed by atoms with Gasteiger partial charge in [0.2, 0.25) is 5.91 Å². The summed E-state index contributed by atoms with van der Waals surface area (Å²) in [6, 6.07) is 0.506. The highest BCUT2D eigenvalue weighted by Crippen LogP contribution is 2.45. The van der Waals surface area contributed by atoms with Crippen molar-refractivity contribution in [2.75, 3.05) is 13.1 Å².